The Kier molecular flexibility index (Phi) is 5.82. The highest BCUT2D eigenvalue weighted by molar-refractivity contribution is 7.99. The highest BCUT2D eigenvalue weighted by Gasteiger charge is 2.13. The van der Waals surface area contributed by atoms with Crippen molar-refractivity contribution in [3.63, 3.8) is 0 Å². The number of hydrogen-bond donors (Lipinski definition) is 1. The van der Waals surface area contributed by atoms with Crippen molar-refractivity contribution >= 4 is 11.8 Å². The van der Waals surface area contributed by atoms with Crippen molar-refractivity contribution in [2.45, 2.75) is 38.4 Å². The van der Waals surface area contributed by atoms with Crippen LogP contribution in [0.3, 0.4) is 0 Å². The van der Waals surface area contributed by atoms with E-state index in [0.29, 0.717) is 6.04 Å². The van der Waals surface area contributed by atoms with Crippen LogP contribution in [-0.4, -0.2) is 27.1 Å². The van der Waals surface area contributed by atoms with Gasteiger partial charge in [-0.05, 0) is 43.5 Å². The summed E-state index contributed by atoms with van der Waals surface area (Å²) in [6.45, 7) is 7.55. The number of nitrogens with one attached hydrogen (secondary N) is 1. The van der Waals surface area contributed by atoms with E-state index in [9.17, 15) is 0 Å². The number of benzene rings is 1. The smallest absolute Gasteiger partial charge is 0.190 e. The van der Waals surface area contributed by atoms with Gasteiger partial charge in [-0.25, -0.2) is 0 Å². The summed E-state index contributed by atoms with van der Waals surface area (Å²) in [5.41, 5.74) is 4.04. The van der Waals surface area contributed by atoms with Crippen molar-refractivity contribution in [3.05, 3.63) is 41.2 Å². The van der Waals surface area contributed by atoms with Crippen LogP contribution < -0.4 is 5.32 Å². The van der Waals surface area contributed by atoms with Crippen LogP contribution in [0.4, 0.5) is 0 Å². The molecule has 1 aromatic carbocycles. The third-order valence-electron chi connectivity index (χ3n) is 3.62. The van der Waals surface area contributed by atoms with Crippen LogP contribution in [0, 0.1) is 13.8 Å². The van der Waals surface area contributed by atoms with Crippen molar-refractivity contribution in [1.82, 2.24) is 20.1 Å². The molecule has 0 aliphatic heterocycles. The molecule has 2 aromatic rings. The summed E-state index contributed by atoms with van der Waals surface area (Å²) in [6.07, 6.45) is 2.88. The van der Waals surface area contributed by atoms with Gasteiger partial charge >= 0.3 is 0 Å². The summed E-state index contributed by atoms with van der Waals surface area (Å²) in [7, 11) is 1.98. The van der Waals surface area contributed by atoms with Gasteiger partial charge < -0.3 is 9.88 Å². The number of rotatable bonds is 7. The molecule has 1 unspecified atom stereocenters. The summed E-state index contributed by atoms with van der Waals surface area (Å²) >= 11 is 1.74. The molecule has 1 heterocycles. The van der Waals surface area contributed by atoms with E-state index in [1.807, 2.05) is 11.6 Å². The fourth-order valence-corrected chi connectivity index (χ4v) is 3.12. The molecule has 1 atom stereocenters. The predicted octanol–water partition coefficient (Wildman–Crippen LogP) is 3.26. The van der Waals surface area contributed by atoms with Gasteiger partial charge in [0.2, 0.25) is 0 Å². The Morgan fingerprint density at radius 1 is 1.29 bits per heavy atom. The summed E-state index contributed by atoms with van der Waals surface area (Å²) in [5.74, 6) is 0.953. The second-order valence-electron chi connectivity index (χ2n) is 5.39. The summed E-state index contributed by atoms with van der Waals surface area (Å²) in [4.78, 5) is 0. The first-order chi connectivity index (χ1) is 10.1. The number of aryl methyl sites for hydroxylation is 3. The van der Waals surface area contributed by atoms with Crippen molar-refractivity contribution in [3.8, 4) is 0 Å². The van der Waals surface area contributed by atoms with Gasteiger partial charge in [-0.3, -0.25) is 0 Å². The minimum atomic E-state index is 0.339. The molecule has 0 saturated carbocycles. The van der Waals surface area contributed by atoms with Crippen molar-refractivity contribution in [2.75, 3.05) is 12.3 Å². The van der Waals surface area contributed by atoms with Crippen LogP contribution in [0.5, 0.6) is 0 Å². The second kappa shape index (κ2) is 7.61. The van der Waals surface area contributed by atoms with Gasteiger partial charge in [-0.2, -0.15) is 0 Å². The molecule has 114 valence electrons. The molecule has 0 saturated heterocycles. The van der Waals surface area contributed by atoms with Crippen LogP contribution >= 0.6 is 11.8 Å². The maximum absolute atomic E-state index is 4.14. The largest absolute Gasteiger partial charge is 0.312 e. The zero-order valence-electron chi connectivity index (χ0n) is 13.3. The molecule has 0 amide bonds. The average molecular weight is 304 g/mol. The molecule has 0 aliphatic rings. The first-order valence-electron chi connectivity index (χ1n) is 7.39. The molecule has 2 rings (SSSR count). The van der Waals surface area contributed by atoms with Crippen LogP contribution in [0.1, 0.15) is 36.1 Å². The Balaban J connectivity index is 2.09. The standard InChI is InChI=1S/C16H24N4S/c1-5-8-17-15(10-21-16-19-18-11-20(16)4)14-7-6-12(2)13(3)9-14/h6-7,9,11,15,17H,5,8,10H2,1-4H3. The van der Waals surface area contributed by atoms with Gasteiger partial charge in [0, 0.05) is 18.8 Å². The fraction of sp³-hybridized carbons (Fsp3) is 0.500. The Bertz CT molecular complexity index is 579. The van der Waals surface area contributed by atoms with Gasteiger partial charge in [0.1, 0.15) is 6.33 Å². The summed E-state index contributed by atoms with van der Waals surface area (Å²) in [5, 5.41) is 12.7. The maximum atomic E-state index is 4.14. The lowest BCUT2D eigenvalue weighted by Crippen LogP contribution is -2.24. The lowest BCUT2D eigenvalue weighted by atomic mass is 10.0. The number of hydrogen-bond acceptors (Lipinski definition) is 4. The van der Waals surface area contributed by atoms with E-state index in [1.165, 1.54) is 16.7 Å². The topological polar surface area (TPSA) is 42.7 Å². The van der Waals surface area contributed by atoms with E-state index >= 15 is 0 Å². The maximum Gasteiger partial charge on any atom is 0.190 e. The molecule has 0 fully saturated rings. The van der Waals surface area contributed by atoms with E-state index in [0.717, 1.165) is 23.9 Å². The van der Waals surface area contributed by atoms with Crippen LogP contribution in [0.15, 0.2) is 29.7 Å². The molecule has 0 radical (unpaired) electrons. The van der Waals surface area contributed by atoms with Gasteiger partial charge in [-0.15, -0.1) is 10.2 Å². The van der Waals surface area contributed by atoms with Gasteiger partial charge in [-0.1, -0.05) is 36.9 Å². The van der Waals surface area contributed by atoms with E-state index in [4.69, 9.17) is 0 Å². The first-order valence-corrected chi connectivity index (χ1v) is 8.37. The zero-order valence-corrected chi connectivity index (χ0v) is 14.1. The quantitative estimate of drug-likeness (QED) is 0.797. The van der Waals surface area contributed by atoms with Gasteiger partial charge in [0.15, 0.2) is 5.16 Å². The van der Waals surface area contributed by atoms with Crippen molar-refractivity contribution < 1.29 is 0 Å². The lowest BCUT2D eigenvalue weighted by Gasteiger charge is -2.19. The van der Waals surface area contributed by atoms with E-state index in [1.54, 1.807) is 18.1 Å². The van der Waals surface area contributed by atoms with E-state index in [-0.39, 0.29) is 0 Å². The molecular formula is C16H24N4S. The Morgan fingerprint density at radius 3 is 2.71 bits per heavy atom. The average Bonchev–Trinajstić information content (AvgIpc) is 2.88. The molecule has 4 nitrogen and oxygen atoms in total. The fourth-order valence-electron chi connectivity index (χ4n) is 2.13. The predicted molar refractivity (Wildman–Crippen MR) is 88.7 cm³/mol. The molecule has 5 heteroatoms. The molecule has 21 heavy (non-hydrogen) atoms. The number of aromatic nitrogens is 3. The highest BCUT2D eigenvalue weighted by Crippen LogP contribution is 2.24. The highest BCUT2D eigenvalue weighted by atomic mass is 32.2. The SMILES string of the molecule is CCCNC(CSc1nncn1C)c1ccc(C)c(C)c1. The number of thioether (sulfide) groups is 1. The van der Waals surface area contributed by atoms with Crippen molar-refractivity contribution in [2.24, 2.45) is 7.05 Å². The van der Waals surface area contributed by atoms with Gasteiger partial charge in [0.25, 0.3) is 0 Å². The van der Waals surface area contributed by atoms with E-state index < -0.39 is 0 Å². The number of nitrogens with zero attached hydrogens (tertiary/aromatic N) is 3. The summed E-state index contributed by atoms with van der Waals surface area (Å²) < 4.78 is 1.96. The van der Waals surface area contributed by atoms with Crippen molar-refractivity contribution in [1.29, 1.82) is 0 Å². The monoisotopic (exact) mass is 304 g/mol. The molecule has 0 bridgehead atoms. The molecule has 1 aromatic heterocycles. The summed E-state index contributed by atoms with van der Waals surface area (Å²) in [6, 6.07) is 7.07. The third-order valence-corrected chi connectivity index (χ3v) is 4.75. The van der Waals surface area contributed by atoms with Crippen LogP contribution in [0.25, 0.3) is 0 Å². The normalized spacial score (nSPS) is 12.6. The van der Waals surface area contributed by atoms with Crippen LogP contribution in [0.2, 0.25) is 0 Å². The lowest BCUT2D eigenvalue weighted by molar-refractivity contribution is 0.576. The molecule has 0 spiro atoms. The first kappa shape index (κ1) is 16.0. The van der Waals surface area contributed by atoms with E-state index in [2.05, 4.69) is 54.5 Å². The Morgan fingerprint density at radius 2 is 2.10 bits per heavy atom. The van der Waals surface area contributed by atoms with Gasteiger partial charge in [0.05, 0.1) is 0 Å². The molecule has 1 N–H and O–H groups in total. The van der Waals surface area contributed by atoms with Crippen LogP contribution in [-0.2, 0) is 7.05 Å². The third kappa shape index (κ3) is 4.32. The Labute approximate surface area is 131 Å². The zero-order chi connectivity index (χ0) is 15.2. The minimum absolute atomic E-state index is 0.339. The second-order valence-corrected chi connectivity index (χ2v) is 6.37. The Hall–Kier alpha value is -1.33. The minimum Gasteiger partial charge on any atom is -0.312 e. The molecule has 0 aliphatic carbocycles. The molecular weight excluding hydrogens is 280 g/mol.